The molecule has 0 aromatic heterocycles. The number of carbonyl (C=O) groups is 3. The van der Waals surface area contributed by atoms with Crippen molar-refractivity contribution >= 4 is 18.0 Å². The van der Waals surface area contributed by atoms with Crippen molar-refractivity contribution in [2.75, 3.05) is 6.54 Å². The van der Waals surface area contributed by atoms with Gasteiger partial charge in [-0.05, 0) is 50.5 Å². The Hall–Kier alpha value is -1.27. The van der Waals surface area contributed by atoms with E-state index in [2.05, 4.69) is 16.0 Å². The van der Waals surface area contributed by atoms with Crippen LogP contribution in [0.4, 0.5) is 0 Å². The van der Waals surface area contributed by atoms with E-state index in [1.165, 1.54) is 12.8 Å². The third-order valence-electron chi connectivity index (χ3n) is 5.75. The molecule has 3 N–H and O–H groups in total. The Bertz CT molecular complexity index is 492. The number of amides is 1. The zero-order chi connectivity index (χ0) is 17.1. The zero-order valence-electron chi connectivity index (χ0n) is 14.4. The Morgan fingerprint density at radius 3 is 2.71 bits per heavy atom. The van der Waals surface area contributed by atoms with Crippen LogP contribution in [0.15, 0.2) is 0 Å². The molecule has 5 unspecified atom stereocenters. The van der Waals surface area contributed by atoms with Crippen LogP contribution in [-0.2, 0) is 14.4 Å². The Kier molecular flexibility index (Phi) is 5.66. The quantitative estimate of drug-likeness (QED) is 0.423. The minimum atomic E-state index is -0.578. The van der Waals surface area contributed by atoms with Gasteiger partial charge in [0, 0.05) is 12.1 Å². The smallest absolute Gasteiger partial charge is 0.289 e. The summed E-state index contributed by atoms with van der Waals surface area (Å²) in [5.41, 5.74) is 0. The molecule has 1 saturated heterocycles. The Morgan fingerprint density at radius 1 is 1.25 bits per heavy atom. The van der Waals surface area contributed by atoms with Gasteiger partial charge in [-0.15, -0.1) is 0 Å². The van der Waals surface area contributed by atoms with E-state index in [0.29, 0.717) is 18.3 Å². The van der Waals surface area contributed by atoms with Crippen LogP contribution in [0.2, 0.25) is 0 Å². The molecule has 5 atom stereocenters. The molecule has 0 aromatic rings. The van der Waals surface area contributed by atoms with Crippen LogP contribution >= 0.6 is 0 Å². The van der Waals surface area contributed by atoms with E-state index in [0.717, 1.165) is 38.5 Å². The third-order valence-corrected chi connectivity index (χ3v) is 5.75. The Labute approximate surface area is 143 Å². The summed E-state index contributed by atoms with van der Waals surface area (Å²) in [6, 6.07) is -0.742. The molecule has 3 fully saturated rings. The predicted molar refractivity (Wildman–Crippen MR) is 90.5 cm³/mol. The van der Waals surface area contributed by atoms with Gasteiger partial charge in [0.1, 0.15) is 6.29 Å². The first-order valence-corrected chi connectivity index (χ1v) is 9.43. The van der Waals surface area contributed by atoms with Crippen molar-refractivity contribution in [3.05, 3.63) is 0 Å². The number of aldehydes is 1. The second-order valence-corrected chi connectivity index (χ2v) is 7.57. The van der Waals surface area contributed by atoms with E-state index in [1.54, 1.807) is 0 Å². The van der Waals surface area contributed by atoms with E-state index >= 15 is 0 Å². The number of rotatable bonds is 9. The lowest BCUT2D eigenvalue weighted by Crippen LogP contribution is -2.56. The first-order valence-electron chi connectivity index (χ1n) is 9.43. The molecule has 134 valence electrons. The molecule has 1 aliphatic heterocycles. The summed E-state index contributed by atoms with van der Waals surface area (Å²) >= 11 is 0. The van der Waals surface area contributed by atoms with Gasteiger partial charge in [0.25, 0.3) is 5.91 Å². The lowest BCUT2D eigenvalue weighted by molar-refractivity contribution is -0.139. The molecular weight excluding hydrogens is 306 g/mol. The van der Waals surface area contributed by atoms with E-state index in [4.69, 9.17) is 0 Å². The van der Waals surface area contributed by atoms with E-state index < -0.39 is 23.8 Å². The molecule has 3 rings (SSSR count). The summed E-state index contributed by atoms with van der Waals surface area (Å²) in [4.78, 5) is 36.2. The first kappa shape index (κ1) is 17.5. The summed E-state index contributed by atoms with van der Waals surface area (Å²) in [6.07, 6.45) is 7.77. The number of fused-ring (bicyclic) bond motifs is 1. The highest BCUT2D eigenvalue weighted by molar-refractivity contribution is 6.38. The summed E-state index contributed by atoms with van der Waals surface area (Å²) in [5.74, 6) is 0.214. The molecule has 0 radical (unpaired) electrons. The van der Waals surface area contributed by atoms with Gasteiger partial charge in [-0.2, -0.15) is 0 Å². The lowest BCUT2D eigenvalue weighted by Gasteiger charge is -2.28. The van der Waals surface area contributed by atoms with Gasteiger partial charge < -0.3 is 15.4 Å². The molecule has 24 heavy (non-hydrogen) atoms. The van der Waals surface area contributed by atoms with Crippen LogP contribution < -0.4 is 16.0 Å². The average Bonchev–Trinajstić information content (AvgIpc) is 3.11. The summed E-state index contributed by atoms with van der Waals surface area (Å²) in [7, 11) is 0. The second kappa shape index (κ2) is 7.74. The monoisotopic (exact) mass is 335 g/mol. The van der Waals surface area contributed by atoms with Crippen LogP contribution in [0.25, 0.3) is 0 Å². The molecule has 1 amide bonds. The van der Waals surface area contributed by atoms with Gasteiger partial charge in [-0.3, -0.25) is 14.9 Å². The van der Waals surface area contributed by atoms with Crippen molar-refractivity contribution in [2.24, 2.45) is 11.8 Å². The Morgan fingerprint density at radius 2 is 2.04 bits per heavy atom. The Balaban J connectivity index is 1.62. The predicted octanol–water partition coefficient (Wildman–Crippen LogP) is 0.548. The van der Waals surface area contributed by atoms with Crippen molar-refractivity contribution in [1.29, 1.82) is 0 Å². The largest absolute Gasteiger partial charge is 0.347 e. The number of carbonyl (C=O) groups excluding carboxylic acids is 3. The molecule has 0 aromatic carbocycles. The summed E-state index contributed by atoms with van der Waals surface area (Å²) < 4.78 is 0. The number of Topliss-reactive ketones (excluding diaryl/α,β-unsaturated/α-hetero) is 1. The van der Waals surface area contributed by atoms with Gasteiger partial charge in [0.15, 0.2) is 0 Å². The van der Waals surface area contributed by atoms with E-state index in [1.807, 2.05) is 6.92 Å². The normalized spacial score (nSPS) is 31.3. The lowest BCUT2D eigenvalue weighted by atomic mass is 9.89. The van der Waals surface area contributed by atoms with Gasteiger partial charge in [0.05, 0.1) is 12.1 Å². The fraction of sp³-hybridized carbons (Fsp3) is 0.833. The summed E-state index contributed by atoms with van der Waals surface area (Å²) in [6.45, 7) is 2.94. The third kappa shape index (κ3) is 3.86. The number of hydrogen-bond acceptors (Lipinski definition) is 5. The molecule has 3 aliphatic rings. The van der Waals surface area contributed by atoms with Crippen molar-refractivity contribution in [2.45, 2.75) is 76.0 Å². The minimum Gasteiger partial charge on any atom is -0.347 e. The van der Waals surface area contributed by atoms with Gasteiger partial charge >= 0.3 is 0 Å². The summed E-state index contributed by atoms with van der Waals surface area (Å²) in [5, 5.41) is 9.41. The molecule has 0 spiro atoms. The van der Waals surface area contributed by atoms with Crippen molar-refractivity contribution < 1.29 is 14.4 Å². The number of nitrogens with one attached hydrogen (secondary N) is 3. The van der Waals surface area contributed by atoms with Crippen LogP contribution in [0.1, 0.15) is 51.9 Å². The van der Waals surface area contributed by atoms with Gasteiger partial charge in [0.2, 0.25) is 5.78 Å². The number of ketones is 1. The highest BCUT2D eigenvalue weighted by Crippen LogP contribution is 2.38. The highest BCUT2D eigenvalue weighted by Gasteiger charge is 2.43. The molecular formula is C18H29N3O3. The van der Waals surface area contributed by atoms with Gasteiger partial charge in [-0.25, -0.2) is 0 Å². The standard InChI is InChI=1S/C18H29N3O3/c1-2-4-14(17(23)18(24)20-12-7-8-12)21-15(10-22)16-13-6-3-5-11(13)9-19-16/h10-16,19,21H,2-9H2,1H3,(H,20,24). The maximum Gasteiger partial charge on any atom is 0.289 e. The maximum absolute atomic E-state index is 12.5. The fourth-order valence-corrected chi connectivity index (χ4v) is 4.30. The highest BCUT2D eigenvalue weighted by atomic mass is 16.2. The first-order chi connectivity index (χ1) is 11.6. The van der Waals surface area contributed by atoms with Gasteiger partial charge in [-0.1, -0.05) is 19.8 Å². The number of hydrogen-bond donors (Lipinski definition) is 3. The maximum atomic E-state index is 12.5. The fourth-order valence-electron chi connectivity index (χ4n) is 4.30. The van der Waals surface area contributed by atoms with E-state index in [-0.39, 0.29) is 12.1 Å². The molecule has 2 aliphatic carbocycles. The molecule has 6 nitrogen and oxygen atoms in total. The molecule has 0 bridgehead atoms. The topological polar surface area (TPSA) is 87.3 Å². The average molecular weight is 335 g/mol. The minimum absolute atomic E-state index is 0.0775. The van der Waals surface area contributed by atoms with Crippen molar-refractivity contribution in [3.8, 4) is 0 Å². The van der Waals surface area contributed by atoms with Crippen LogP contribution in [0.3, 0.4) is 0 Å². The molecule has 2 saturated carbocycles. The van der Waals surface area contributed by atoms with Crippen molar-refractivity contribution in [1.82, 2.24) is 16.0 Å². The van der Waals surface area contributed by atoms with E-state index in [9.17, 15) is 14.4 Å². The van der Waals surface area contributed by atoms with Crippen LogP contribution in [-0.4, -0.2) is 48.7 Å². The second-order valence-electron chi connectivity index (χ2n) is 7.57. The molecule has 6 heteroatoms. The molecule has 1 heterocycles. The SMILES string of the molecule is CCCC(NC(C=O)C1NCC2CCCC21)C(=O)C(=O)NC1CC1. The van der Waals surface area contributed by atoms with Crippen LogP contribution in [0.5, 0.6) is 0 Å². The van der Waals surface area contributed by atoms with Crippen molar-refractivity contribution in [3.63, 3.8) is 0 Å². The van der Waals surface area contributed by atoms with Crippen LogP contribution in [0, 0.1) is 11.8 Å². The zero-order valence-corrected chi connectivity index (χ0v) is 14.4.